The van der Waals surface area contributed by atoms with Crippen molar-refractivity contribution in [3.8, 4) is 0 Å². The molecular weight excluding hydrogens is 234 g/mol. The van der Waals surface area contributed by atoms with Gasteiger partial charge in [0, 0.05) is 6.04 Å². The Balaban J connectivity index is 2.82. The maximum atomic E-state index is 11.5. The Morgan fingerprint density at radius 3 is 2.28 bits per heavy atom. The molecule has 0 fully saturated rings. The van der Waals surface area contributed by atoms with Crippen LogP contribution in [0.1, 0.15) is 24.2 Å². The minimum absolute atomic E-state index is 0.144. The van der Waals surface area contributed by atoms with Gasteiger partial charge in [-0.1, -0.05) is 12.1 Å². The minimum Gasteiger partial charge on any atom is -0.366 e. The average molecular weight is 249 g/mol. The van der Waals surface area contributed by atoms with Gasteiger partial charge in [-0.05, 0) is 26.0 Å². The van der Waals surface area contributed by atoms with Gasteiger partial charge in [-0.2, -0.15) is 0 Å². The molecule has 0 aliphatic carbocycles. The number of para-hydroxylation sites is 1. The number of primary amides is 1. The van der Waals surface area contributed by atoms with Gasteiger partial charge in [0.1, 0.15) is 0 Å². The molecule has 0 heterocycles. The smallest absolute Gasteiger partial charge is 0.313 e. The summed E-state index contributed by atoms with van der Waals surface area (Å²) in [6.45, 7) is 3.48. The fourth-order valence-corrected chi connectivity index (χ4v) is 1.31. The standard InChI is InChI=1S/C12H15N3O3/c1-7(2)14-11(17)12(18)15-9-6-4-3-5-8(9)10(13)16/h3-7H,1-2H3,(H2,13,16)(H,14,17)(H,15,18). The number of nitrogens with two attached hydrogens (primary N) is 1. The molecule has 0 saturated heterocycles. The normalized spacial score (nSPS) is 9.94. The van der Waals surface area contributed by atoms with Gasteiger partial charge in [0.05, 0.1) is 11.3 Å². The summed E-state index contributed by atoms with van der Waals surface area (Å²) in [5.74, 6) is -2.27. The second-order valence-corrected chi connectivity index (χ2v) is 3.99. The van der Waals surface area contributed by atoms with Gasteiger partial charge in [-0.3, -0.25) is 14.4 Å². The molecule has 0 bridgehead atoms. The number of amides is 3. The molecule has 0 unspecified atom stereocenters. The Morgan fingerprint density at radius 2 is 1.72 bits per heavy atom. The molecule has 3 amide bonds. The van der Waals surface area contributed by atoms with Crippen LogP contribution in [0.5, 0.6) is 0 Å². The number of nitrogens with one attached hydrogen (secondary N) is 2. The Hall–Kier alpha value is -2.37. The van der Waals surface area contributed by atoms with Crippen molar-refractivity contribution >= 4 is 23.4 Å². The van der Waals surface area contributed by atoms with Crippen LogP contribution in [-0.2, 0) is 9.59 Å². The lowest BCUT2D eigenvalue weighted by molar-refractivity contribution is -0.136. The number of hydrogen-bond donors (Lipinski definition) is 3. The largest absolute Gasteiger partial charge is 0.366 e. The van der Waals surface area contributed by atoms with E-state index in [1.807, 2.05) is 0 Å². The van der Waals surface area contributed by atoms with Crippen LogP contribution < -0.4 is 16.4 Å². The van der Waals surface area contributed by atoms with E-state index in [9.17, 15) is 14.4 Å². The number of rotatable bonds is 3. The van der Waals surface area contributed by atoms with Gasteiger partial charge in [-0.15, -0.1) is 0 Å². The van der Waals surface area contributed by atoms with E-state index >= 15 is 0 Å². The Kier molecular flexibility index (Phi) is 4.42. The van der Waals surface area contributed by atoms with Crippen LogP contribution in [0.4, 0.5) is 5.69 Å². The topological polar surface area (TPSA) is 101 Å². The van der Waals surface area contributed by atoms with Crippen molar-refractivity contribution in [3.05, 3.63) is 29.8 Å². The highest BCUT2D eigenvalue weighted by Crippen LogP contribution is 2.13. The molecule has 0 spiro atoms. The highest BCUT2D eigenvalue weighted by molar-refractivity contribution is 6.40. The predicted molar refractivity (Wildman–Crippen MR) is 66.9 cm³/mol. The summed E-state index contributed by atoms with van der Waals surface area (Å²) in [4.78, 5) is 34.1. The Morgan fingerprint density at radius 1 is 1.11 bits per heavy atom. The predicted octanol–water partition coefficient (Wildman–Crippen LogP) is 0.249. The van der Waals surface area contributed by atoms with Gasteiger partial charge in [0.25, 0.3) is 5.91 Å². The van der Waals surface area contributed by atoms with Crippen LogP contribution in [-0.4, -0.2) is 23.8 Å². The molecule has 0 aromatic heterocycles. The Labute approximate surface area is 105 Å². The number of carbonyl (C=O) groups excluding carboxylic acids is 3. The van der Waals surface area contributed by atoms with Crippen molar-refractivity contribution in [2.45, 2.75) is 19.9 Å². The van der Waals surface area contributed by atoms with E-state index in [0.717, 1.165) is 0 Å². The number of hydrogen-bond acceptors (Lipinski definition) is 3. The first kappa shape index (κ1) is 13.7. The van der Waals surface area contributed by atoms with Gasteiger partial charge < -0.3 is 16.4 Å². The Bertz CT molecular complexity index is 483. The van der Waals surface area contributed by atoms with Crippen LogP contribution in [0.2, 0.25) is 0 Å². The lowest BCUT2D eigenvalue weighted by Crippen LogP contribution is -2.39. The third-order valence-corrected chi connectivity index (χ3v) is 2.07. The molecule has 0 atom stereocenters. The fraction of sp³-hybridized carbons (Fsp3) is 0.250. The number of benzene rings is 1. The van der Waals surface area contributed by atoms with Crippen molar-refractivity contribution < 1.29 is 14.4 Å². The molecule has 18 heavy (non-hydrogen) atoms. The number of anilines is 1. The van der Waals surface area contributed by atoms with Crippen molar-refractivity contribution in [2.75, 3.05) is 5.32 Å². The summed E-state index contributed by atoms with van der Waals surface area (Å²) in [5.41, 5.74) is 5.53. The zero-order valence-electron chi connectivity index (χ0n) is 10.2. The first-order valence-electron chi connectivity index (χ1n) is 5.42. The van der Waals surface area contributed by atoms with Crippen LogP contribution in [0.15, 0.2) is 24.3 Å². The third kappa shape index (κ3) is 3.58. The molecule has 6 nitrogen and oxygen atoms in total. The molecule has 1 aromatic rings. The quantitative estimate of drug-likeness (QED) is 0.669. The van der Waals surface area contributed by atoms with Crippen LogP contribution in [0.3, 0.4) is 0 Å². The highest BCUT2D eigenvalue weighted by Gasteiger charge is 2.17. The van der Waals surface area contributed by atoms with Crippen molar-refractivity contribution in [1.29, 1.82) is 0 Å². The molecule has 1 rings (SSSR count). The molecule has 1 aromatic carbocycles. The van der Waals surface area contributed by atoms with E-state index in [1.165, 1.54) is 12.1 Å². The molecule has 0 aliphatic rings. The molecule has 0 aliphatic heterocycles. The third-order valence-electron chi connectivity index (χ3n) is 2.07. The fourth-order valence-electron chi connectivity index (χ4n) is 1.31. The monoisotopic (exact) mass is 249 g/mol. The minimum atomic E-state index is -0.836. The van der Waals surface area contributed by atoms with Crippen molar-refractivity contribution in [3.63, 3.8) is 0 Å². The van der Waals surface area contributed by atoms with E-state index in [4.69, 9.17) is 5.73 Å². The van der Waals surface area contributed by atoms with Crippen molar-refractivity contribution in [2.24, 2.45) is 5.73 Å². The molecule has 0 radical (unpaired) electrons. The van der Waals surface area contributed by atoms with Crippen molar-refractivity contribution in [1.82, 2.24) is 5.32 Å². The van der Waals surface area contributed by atoms with E-state index in [1.54, 1.807) is 26.0 Å². The summed E-state index contributed by atoms with van der Waals surface area (Å²) in [6.07, 6.45) is 0. The maximum Gasteiger partial charge on any atom is 0.313 e. The summed E-state index contributed by atoms with van der Waals surface area (Å²) in [7, 11) is 0. The van der Waals surface area contributed by atoms with E-state index in [0.29, 0.717) is 0 Å². The number of carbonyl (C=O) groups is 3. The lowest BCUT2D eigenvalue weighted by atomic mass is 10.1. The van der Waals surface area contributed by atoms with Crippen LogP contribution in [0.25, 0.3) is 0 Å². The molecule has 0 saturated carbocycles. The van der Waals surface area contributed by atoms with Gasteiger partial charge in [0.15, 0.2) is 0 Å². The van der Waals surface area contributed by atoms with Crippen LogP contribution in [0, 0.1) is 0 Å². The van der Waals surface area contributed by atoms with Gasteiger partial charge in [-0.25, -0.2) is 0 Å². The second kappa shape index (κ2) is 5.81. The summed E-state index contributed by atoms with van der Waals surface area (Å²) in [6, 6.07) is 6.07. The first-order chi connectivity index (χ1) is 8.41. The van der Waals surface area contributed by atoms with Gasteiger partial charge in [0.2, 0.25) is 0 Å². The average Bonchev–Trinajstić information content (AvgIpc) is 2.28. The molecule has 6 heteroatoms. The maximum absolute atomic E-state index is 11.5. The molecule has 96 valence electrons. The zero-order chi connectivity index (χ0) is 13.7. The van der Waals surface area contributed by atoms with E-state index < -0.39 is 17.7 Å². The SMILES string of the molecule is CC(C)NC(=O)C(=O)Nc1ccccc1C(N)=O. The second-order valence-electron chi connectivity index (χ2n) is 3.99. The lowest BCUT2D eigenvalue weighted by Gasteiger charge is -2.10. The van der Waals surface area contributed by atoms with E-state index in [2.05, 4.69) is 10.6 Å². The zero-order valence-corrected chi connectivity index (χ0v) is 10.2. The van der Waals surface area contributed by atoms with Crippen LogP contribution >= 0.6 is 0 Å². The highest BCUT2D eigenvalue weighted by atomic mass is 16.2. The van der Waals surface area contributed by atoms with Gasteiger partial charge >= 0.3 is 11.8 Å². The van der Waals surface area contributed by atoms with E-state index in [-0.39, 0.29) is 17.3 Å². The summed E-state index contributed by atoms with van der Waals surface area (Å²) < 4.78 is 0. The first-order valence-corrected chi connectivity index (χ1v) is 5.42. The summed E-state index contributed by atoms with van der Waals surface area (Å²) in [5, 5.41) is 4.79. The summed E-state index contributed by atoms with van der Waals surface area (Å²) >= 11 is 0. The molecule has 4 N–H and O–H groups in total. The molecular formula is C12H15N3O3.